The Morgan fingerprint density at radius 3 is 2.48 bits per heavy atom. The SMILES string of the molecule is CCn1c(C)cc(/C=N\NC(=O)c2ccc(C)cc2)c1C. The Morgan fingerprint density at radius 2 is 1.90 bits per heavy atom. The first-order valence-electron chi connectivity index (χ1n) is 7.09. The predicted octanol–water partition coefficient (Wildman–Crippen LogP) is 3.20. The first kappa shape index (κ1) is 15.0. The van der Waals surface area contributed by atoms with Crippen LogP contribution in [0.4, 0.5) is 0 Å². The summed E-state index contributed by atoms with van der Waals surface area (Å²) < 4.78 is 2.21. The maximum absolute atomic E-state index is 11.9. The summed E-state index contributed by atoms with van der Waals surface area (Å²) in [6, 6.07) is 9.48. The van der Waals surface area contributed by atoms with E-state index in [1.165, 1.54) is 5.69 Å². The van der Waals surface area contributed by atoms with E-state index in [1.54, 1.807) is 18.3 Å². The molecule has 1 amide bonds. The Labute approximate surface area is 125 Å². The Balaban J connectivity index is 2.05. The summed E-state index contributed by atoms with van der Waals surface area (Å²) in [6.45, 7) is 9.16. The average molecular weight is 283 g/mol. The van der Waals surface area contributed by atoms with E-state index < -0.39 is 0 Å². The lowest BCUT2D eigenvalue weighted by molar-refractivity contribution is 0.0955. The Bertz CT molecular complexity index is 666. The summed E-state index contributed by atoms with van der Waals surface area (Å²) in [4.78, 5) is 11.9. The largest absolute Gasteiger partial charge is 0.349 e. The summed E-state index contributed by atoms with van der Waals surface area (Å²) in [5.41, 5.74) is 7.68. The van der Waals surface area contributed by atoms with Gasteiger partial charge in [-0.25, -0.2) is 5.43 Å². The van der Waals surface area contributed by atoms with Gasteiger partial charge in [0.1, 0.15) is 0 Å². The van der Waals surface area contributed by atoms with Crippen molar-refractivity contribution in [3.8, 4) is 0 Å². The highest BCUT2D eigenvalue weighted by atomic mass is 16.2. The predicted molar refractivity (Wildman–Crippen MR) is 85.8 cm³/mol. The fourth-order valence-electron chi connectivity index (χ4n) is 2.37. The second-order valence-electron chi connectivity index (χ2n) is 5.14. The van der Waals surface area contributed by atoms with Crippen LogP contribution in [0.3, 0.4) is 0 Å². The van der Waals surface area contributed by atoms with Gasteiger partial charge in [-0.05, 0) is 45.9 Å². The van der Waals surface area contributed by atoms with Crippen molar-refractivity contribution in [1.29, 1.82) is 0 Å². The Hall–Kier alpha value is -2.36. The van der Waals surface area contributed by atoms with Crippen LogP contribution in [0.25, 0.3) is 0 Å². The normalized spacial score (nSPS) is 11.0. The summed E-state index contributed by atoms with van der Waals surface area (Å²) in [6.07, 6.45) is 1.70. The fourth-order valence-corrected chi connectivity index (χ4v) is 2.37. The van der Waals surface area contributed by atoms with Gasteiger partial charge in [0, 0.05) is 29.1 Å². The number of amides is 1. The summed E-state index contributed by atoms with van der Waals surface area (Å²) in [5.74, 6) is -0.199. The molecule has 1 heterocycles. The number of aromatic nitrogens is 1. The van der Waals surface area contributed by atoms with Gasteiger partial charge in [-0.3, -0.25) is 4.79 Å². The van der Waals surface area contributed by atoms with Gasteiger partial charge < -0.3 is 4.57 Å². The van der Waals surface area contributed by atoms with Crippen LogP contribution in [0.1, 0.15) is 39.8 Å². The number of nitrogens with one attached hydrogen (secondary N) is 1. The third-order valence-corrected chi connectivity index (χ3v) is 3.61. The Kier molecular flexibility index (Phi) is 4.58. The number of hydrazone groups is 1. The molecule has 4 heteroatoms. The molecule has 0 fully saturated rings. The molecule has 2 aromatic rings. The quantitative estimate of drug-likeness (QED) is 0.680. The molecule has 0 aliphatic rings. The second-order valence-corrected chi connectivity index (χ2v) is 5.14. The molecule has 0 atom stereocenters. The number of hydrogen-bond acceptors (Lipinski definition) is 2. The van der Waals surface area contributed by atoms with Gasteiger partial charge in [0.25, 0.3) is 5.91 Å². The molecule has 110 valence electrons. The second kappa shape index (κ2) is 6.39. The van der Waals surface area contributed by atoms with E-state index in [2.05, 4.69) is 41.9 Å². The van der Waals surface area contributed by atoms with Crippen LogP contribution in [0.5, 0.6) is 0 Å². The molecule has 21 heavy (non-hydrogen) atoms. The van der Waals surface area contributed by atoms with Gasteiger partial charge in [0.15, 0.2) is 0 Å². The Morgan fingerprint density at radius 1 is 1.24 bits per heavy atom. The molecule has 0 aliphatic carbocycles. The van der Waals surface area contributed by atoms with Crippen LogP contribution >= 0.6 is 0 Å². The van der Waals surface area contributed by atoms with E-state index in [9.17, 15) is 4.79 Å². The number of benzene rings is 1. The van der Waals surface area contributed by atoms with Crippen LogP contribution in [0.15, 0.2) is 35.4 Å². The highest BCUT2D eigenvalue weighted by Crippen LogP contribution is 2.12. The fraction of sp³-hybridized carbons (Fsp3) is 0.294. The van der Waals surface area contributed by atoms with Crippen LogP contribution in [0.2, 0.25) is 0 Å². The van der Waals surface area contributed by atoms with Crippen molar-refractivity contribution in [3.05, 3.63) is 58.4 Å². The van der Waals surface area contributed by atoms with E-state index >= 15 is 0 Å². The summed E-state index contributed by atoms with van der Waals surface area (Å²) in [7, 11) is 0. The molecule has 1 N–H and O–H groups in total. The average Bonchev–Trinajstić information content (AvgIpc) is 2.73. The highest BCUT2D eigenvalue weighted by molar-refractivity contribution is 5.95. The van der Waals surface area contributed by atoms with Crippen LogP contribution < -0.4 is 5.43 Å². The van der Waals surface area contributed by atoms with Crippen molar-refractivity contribution in [3.63, 3.8) is 0 Å². The molecule has 0 spiro atoms. The maximum Gasteiger partial charge on any atom is 0.271 e. The lowest BCUT2D eigenvalue weighted by Crippen LogP contribution is -2.17. The smallest absolute Gasteiger partial charge is 0.271 e. The van der Waals surface area contributed by atoms with Gasteiger partial charge in [0.05, 0.1) is 6.21 Å². The number of nitrogens with zero attached hydrogens (tertiary/aromatic N) is 2. The minimum atomic E-state index is -0.199. The van der Waals surface area contributed by atoms with E-state index in [4.69, 9.17) is 0 Å². The van der Waals surface area contributed by atoms with Crippen molar-refractivity contribution in [1.82, 2.24) is 9.99 Å². The minimum Gasteiger partial charge on any atom is -0.349 e. The van der Waals surface area contributed by atoms with Gasteiger partial charge in [-0.2, -0.15) is 5.10 Å². The van der Waals surface area contributed by atoms with Gasteiger partial charge >= 0.3 is 0 Å². The molecule has 0 aliphatic heterocycles. The summed E-state index contributed by atoms with van der Waals surface area (Å²) in [5, 5.41) is 4.05. The van der Waals surface area contributed by atoms with E-state index in [0.717, 1.165) is 23.4 Å². The third-order valence-electron chi connectivity index (χ3n) is 3.61. The molecular formula is C17H21N3O. The molecule has 0 saturated heterocycles. The topological polar surface area (TPSA) is 46.4 Å². The zero-order chi connectivity index (χ0) is 15.4. The maximum atomic E-state index is 11.9. The standard InChI is InChI=1S/C17H21N3O/c1-5-20-13(3)10-16(14(20)4)11-18-19-17(21)15-8-6-12(2)7-9-15/h6-11H,5H2,1-4H3,(H,19,21)/b18-11-. The van der Waals surface area contributed by atoms with Crippen molar-refractivity contribution < 1.29 is 4.79 Å². The van der Waals surface area contributed by atoms with Gasteiger partial charge in [-0.15, -0.1) is 0 Å². The molecule has 4 nitrogen and oxygen atoms in total. The lowest BCUT2D eigenvalue weighted by Gasteiger charge is -2.04. The molecule has 1 aromatic carbocycles. The first-order valence-corrected chi connectivity index (χ1v) is 7.09. The zero-order valence-electron chi connectivity index (χ0n) is 13.0. The van der Waals surface area contributed by atoms with Crippen LogP contribution in [-0.4, -0.2) is 16.7 Å². The van der Waals surface area contributed by atoms with Gasteiger partial charge in [-0.1, -0.05) is 17.7 Å². The van der Waals surface area contributed by atoms with Crippen molar-refractivity contribution in [2.75, 3.05) is 0 Å². The van der Waals surface area contributed by atoms with Crippen molar-refractivity contribution >= 4 is 12.1 Å². The highest BCUT2D eigenvalue weighted by Gasteiger charge is 2.06. The number of aryl methyl sites for hydroxylation is 2. The minimum absolute atomic E-state index is 0.199. The molecule has 0 saturated carbocycles. The van der Waals surface area contributed by atoms with Crippen molar-refractivity contribution in [2.24, 2.45) is 5.10 Å². The molecular weight excluding hydrogens is 262 g/mol. The molecule has 2 rings (SSSR count). The molecule has 0 unspecified atom stereocenters. The monoisotopic (exact) mass is 283 g/mol. The van der Waals surface area contributed by atoms with E-state index in [0.29, 0.717) is 5.56 Å². The van der Waals surface area contributed by atoms with Crippen molar-refractivity contribution in [2.45, 2.75) is 34.2 Å². The van der Waals surface area contributed by atoms with Crippen LogP contribution in [0, 0.1) is 20.8 Å². The summed E-state index contributed by atoms with van der Waals surface area (Å²) >= 11 is 0. The number of carbonyl (C=O) groups excluding carboxylic acids is 1. The third kappa shape index (κ3) is 3.40. The van der Waals surface area contributed by atoms with E-state index in [1.807, 2.05) is 19.1 Å². The number of carbonyl (C=O) groups is 1. The van der Waals surface area contributed by atoms with E-state index in [-0.39, 0.29) is 5.91 Å². The lowest BCUT2D eigenvalue weighted by atomic mass is 10.1. The molecule has 1 aromatic heterocycles. The number of rotatable bonds is 4. The number of hydrogen-bond donors (Lipinski definition) is 1. The zero-order valence-corrected chi connectivity index (χ0v) is 13.0. The molecule has 0 bridgehead atoms. The first-order chi connectivity index (χ1) is 10.0. The molecule has 0 radical (unpaired) electrons. The van der Waals surface area contributed by atoms with Crippen LogP contribution in [-0.2, 0) is 6.54 Å². The van der Waals surface area contributed by atoms with Gasteiger partial charge in [0.2, 0.25) is 0 Å².